The molecule has 3 rings (SSSR count). The van der Waals surface area contributed by atoms with Crippen molar-refractivity contribution in [1.82, 2.24) is 4.98 Å². The Morgan fingerprint density at radius 2 is 1.87 bits per heavy atom. The van der Waals surface area contributed by atoms with Crippen LogP contribution < -0.4 is 0 Å². The van der Waals surface area contributed by atoms with Gasteiger partial charge in [0.25, 0.3) is 5.69 Å². The summed E-state index contributed by atoms with van der Waals surface area (Å²) in [7, 11) is 0. The Bertz CT molecular complexity index is 880. The molecule has 0 spiro atoms. The quantitative estimate of drug-likeness (QED) is 0.470. The molecule has 0 amide bonds. The van der Waals surface area contributed by atoms with Crippen molar-refractivity contribution in [1.29, 1.82) is 0 Å². The molecule has 1 aromatic heterocycles. The fourth-order valence-electron chi connectivity index (χ4n) is 2.28. The fourth-order valence-corrected chi connectivity index (χ4v) is 3.13. The number of aromatic nitrogens is 1. The van der Waals surface area contributed by atoms with Gasteiger partial charge in [0.2, 0.25) is 0 Å². The fraction of sp³-hybridized carbons (Fsp3) is 0.167. The number of hydrogen-bond acceptors (Lipinski definition) is 4. The van der Waals surface area contributed by atoms with Gasteiger partial charge in [0.15, 0.2) is 0 Å². The maximum Gasteiger partial charge on any atom is 0.271 e. The molecule has 0 N–H and O–H groups in total. The zero-order valence-electron chi connectivity index (χ0n) is 12.9. The summed E-state index contributed by atoms with van der Waals surface area (Å²) in [6.07, 6.45) is 3.96. The number of thiazole rings is 1. The Labute approximate surface area is 138 Å². The van der Waals surface area contributed by atoms with Gasteiger partial charge >= 0.3 is 0 Å². The molecule has 23 heavy (non-hydrogen) atoms. The van der Waals surface area contributed by atoms with Crippen LogP contribution in [0.15, 0.2) is 42.5 Å². The highest BCUT2D eigenvalue weighted by atomic mass is 32.1. The normalized spacial score (nSPS) is 11.6. The summed E-state index contributed by atoms with van der Waals surface area (Å²) in [4.78, 5) is 14.9. The monoisotopic (exact) mass is 324 g/mol. The first-order valence-electron chi connectivity index (χ1n) is 7.36. The molecule has 2 aromatic carbocycles. The van der Waals surface area contributed by atoms with Gasteiger partial charge in [0.05, 0.1) is 15.1 Å². The molecule has 5 heteroatoms. The van der Waals surface area contributed by atoms with Crippen LogP contribution in [0, 0.1) is 10.1 Å². The van der Waals surface area contributed by atoms with E-state index in [-0.39, 0.29) is 5.69 Å². The number of rotatable bonds is 4. The molecule has 0 saturated heterocycles. The van der Waals surface area contributed by atoms with Gasteiger partial charge in [-0.05, 0) is 29.2 Å². The second-order valence-electron chi connectivity index (χ2n) is 5.62. The van der Waals surface area contributed by atoms with Gasteiger partial charge in [-0.3, -0.25) is 10.1 Å². The number of nitro groups is 1. The van der Waals surface area contributed by atoms with Gasteiger partial charge in [0.1, 0.15) is 5.01 Å². The van der Waals surface area contributed by atoms with Crippen molar-refractivity contribution in [3.8, 4) is 0 Å². The van der Waals surface area contributed by atoms with Crippen molar-refractivity contribution in [2.75, 3.05) is 0 Å². The smallest absolute Gasteiger partial charge is 0.258 e. The number of nitro benzene ring substituents is 1. The summed E-state index contributed by atoms with van der Waals surface area (Å²) in [5, 5.41) is 11.6. The topological polar surface area (TPSA) is 56.0 Å². The van der Waals surface area contributed by atoms with Gasteiger partial charge in [-0.2, -0.15) is 0 Å². The van der Waals surface area contributed by atoms with E-state index < -0.39 is 4.92 Å². The van der Waals surface area contributed by atoms with E-state index in [9.17, 15) is 10.1 Å². The SMILES string of the molecule is CC(C)c1ccc(/C=C/c2nc3cc([N+](=O)[O-])ccc3s2)cc1. The van der Waals surface area contributed by atoms with E-state index in [1.807, 2.05) is 12.2 Å². The molecule has 0 aliphatic carbocycles. The summed E-state index contributed by atoms with van der Waals surface area (Å²) in [6.45, 7) is 4.34. The highest BCUT2D eigenvalue weighted by Gasteiger charge is 2.09. The van der Waals surface area contributed by atoms with Gasteiger partial charge in [0, 0.05) is 12.1 Å². The number of benzene rings is 2. The third-order valence-corrected chi connectivity index (χ3v) is 4.62. The highest BCUT2D eigenvalue weighted by Crippen LogP contribution is 2.27. The minimum absolute atomic E-state index is 0.0719. The van der Waals surface area contributed by atoms with E-state index in [2.05, 4.69) is 43.1 Å². The third-order valence-electron chi connectivity index (χ3n) is 3.62. The summed E-state index contributed by atoms with van der Waals surface area (Å²) in [5.41, 5.74) is 3.16. The molecule has 0 saturated carbocycles. The molecular formula is C18H16N2O2S. The number of fused-ring (bicyclic) bond motifs is 1. The molecule has 116 valence electrons. The number of hydrogen-bond donors (Lipinski definition) is 0. The Morgan fingerprint density at radius 3 is 2.52 bits per heavy atom. The first-order chi connectivity index (χ1) is 11.0. The molecule has 0 atom stereocenters. The molecule has 1 heterocycles. The molecule has 0 radical (unpaired) electrons. The largest absolute Gasteiger partial charge is 0.271 e. The van der Waals surface area contributed by atoms with Crippen LogP contribution in [0.3, 0.4) is 0 Å². The second-order valence-corrected chi connectivity index (χ2v) is 6.68. The maximum absolute atomic E-state index is 10.8. The Hall–Kier alpha value is -2.53. The van der Waals surface area contributed by atoms with Crippen molar-refractivity contribution in [3.05, 3.63) is 68.7 Å². The highest BCUT2D eigenvalue weighted by molar-refractivity contribution is 7.19. The lowest BCUT2D eigenvalue weighted by atomic mass is 10.0. The predicted octanol–water partition coefficient (Wildman–Crippen LogP) is 5.50. The standard InChI is InChI=1S/C18H16N2O2S/c1-12(2)14-6-3-13(4-7-14)5-10-18-19-16-11-15(20(21)22)8-9-17(16)23-18/h3-12H,1-2H3/b10-5+. The van der Waals surface area contributed by atoms with Crippen LogP contribution in [0.25, 0.3) is 22.4 Å². The van der Waals surface area contributed by atoms with Gasteiger partial charge in [-0.25, -0.2) is 4.98 Å². The van der Waals surface area contributed by atoms with E-state index in [4.69, 9.17) is 0 Å². The molecule has 0 aliphatic rings. The van der Waals surface area contributed by atoms with Crippen LogP contribution in [0.5, 0.6) is 0 Å². The van der Waals surface area contributed by atoms with Crippen molar-refractivity contribution in [2.45, 2.75) is 19.8 Å². The zero-order chi connectivity index (χ0) is 16.4. The summed E-state index contributed by atoms with van der Waals surface area (Å²) < 4.78 is 0.949. The molecule has 0 bridgehead atoms. The van der Waals surface area contributed by atoms with Crippen LogP contribution >= 0.6 is 11.3 Å². The lowest BCUT2D eigenvalue weighted by molar-refractivity contribution is -0.384. The van der Waals surface area contributed by atoms with Crippen LogP contribution in [0.2, 0.25) is 0 Å². The molecule has 4 nitrogen and oxygen atoms in total. The lowest BCUT2D eigenvalue weighted by Crippen LogP contribution is -1.86. The number of nitrogens with zero attached hydrogens (tertiary/aromatic N) is 2. The van der Waals surface area contributed by atoms with Crippen molar-refractivity contribution in [3.63, 3.8) is 0 Å². The van der Waals surface area contributed by atoms with Crippen molar-refractivity contribution in [2.24, 2.45) is 0 Å². The molecule has 0 unspecified atom stereocenters. The first-order valence-corrected chi connectivity index (χ1v) is 8.17. The Morgan fingerprint density at radius 1 is 1.13 bits per heavy atom. The van der Waals surface area contributed by atoms with Gasteiger partial charge in [-0.15, -0.1) is 11.3 Å². The molecule has 0 fully saturated rings. The predicted molar refractivity (Wildman–Crippen MR) is 95.7 cm³/mol. The van der Waals surface area contributed by atoms with E-state index in [0.29, 0.717) is 11.4 Å². The van der Waals surface area contributed by atoms with Gasteiger partial charge in [-0.1, -0.05) is 44.2 Å². The minimum Gasteiger partial charge on any atom is -0.258 e. The Balaban J connectivity index is 1.84. The van der Waals surface area contributed by atoms with Crippen LogP contribution in [-0.2, 0) is 0 Å². The van der Waals surface area contributed by atoms with Crippen LogP contribution in [0.1, 0.15) is 35.9 Å². The third kappa shape index (κ3) is 3.46. The van der Waals surface area contributed by atoms with Crippen LogP contribution in [0.4, 0.5) is 5.69 Å². The average molecular weight is 324 g/mol. The van der Waals surface area contributed by atoms with E-state index in [0.717, 1.165) is 15.3 Å². The van der Waals surface area contributed by atoms with Crippen LogP contribution in [-0.4, -0.2) is 9.91 Å². The minimum atomic E-state index is -0.398. The first kappa shape index (κ1) is 15.4. The van der Waals surface area contributed by atoms with Crippen molar-refractivity contribution < 1.29 is 4.92 Å². The molecule has 3 aromatic rings. The Kier molecular flexibility index (Phi) is 4.21. The van der Waals surface area contributed by atoms with E-state index in [1.165, 1.54) is 29.0 Å². The molecule has 0 aliphatic heterocycles. The maximum atomic E-state index is 10.8. The summed E-state index contributed by atoms with van der Waals surface area (Å²) in [5.74, 6) is 0.521. The molecular weight excluding hydrogens is 308 g/mol. The summed E-state index contributed by atoms with van der Waals surface area (Å²) in [6, 6.07) is 13.2. The van der Waals surface area contributed by atoms with Gasteiger partial charge < -0.3 is 0 Å². The van der Waals surface area contributed by atoms with Crippen molar-refractivity contribution >= 4 is 39.4 Å². The van der Waals surface area contributed by atoms with E-state index >= 15 is 0 Å². The average Bonchev–Trinajstić information content (AvgIpc) is 2.95. The lowest BCUT2D eigenvalue weighted by Gasteiger charge is -2.04. The van der Waals surface area contributed by atoms with E-state index in [1.54, 1.807) is 6.07 Å². The zero-order valence-corrected chi connectivity index (χ0v) is 13.7. The second kappa shape index (κ2) is 6.30. The number of non-ortho nitro benzene ring substituents is 1. The summed E-state index contributed by atoms with van der Waals surface area (Å²) >= 11 is 1.52.